The third kappa shape index (κ3) is 3.58. The van der Waals surface area contributed by atoms with Crippen LogP contribution < -0.4 is 5.32 Å². The molecule has 1 atom stereocenters. The van der Waals surface area contributed by atoms with Crippen molar-refractivity contribution >= 4 is 38.6 Å². The van der Waals surface area contributed by atoms with Gasteiger partial charge in [0.25, 0.3) is 0 Å². The number of anilines is 1. The molecule has 4 rings (SSSR count). The lowest BCUT2D eigenvalue weighted by molar-refractivity contribution is 0.211. The fraction of sp³-hybridized carbons (Fsp3) is 0.182. The van der Waals surface area contributed by atoms with Crippen molar-refractivity contribution in [1.82, 2.24) is 14.7 Å². The Morgan fingerprint density at radius 2 is 2.00 bits per heavy atom. The molecule has 0 saturated carbocycles. The molecule has 5 nitrogen and oxygen atoms in total. The molecule has 3 aromatic rings. The molecule has 7 heteroatoms. The quantitative estimate of drug-likeness (QED) is 0.529. The summed E-state index contributed by atoms with van der Waals surface area (Å²) in [5, 5.41) is 8.50. The van der Waals surface area contributed by atoms with E-state index in [0.717, 1.165) is 32.2 Å². The first-order valence-corrected chi connectivity index (χ1v) is 9.97. The fourth-order valence-corrected chi connectivity index (χ4v) is 4.03. The molecule has 2 amide bonds. The van der Waals surface area contributed by atoms with Gasteiger partial charge in [0.15, 0.2) is 0 Å². The van der Waals surface area contributed by atoms with Crippen LogP contribution in [0.15, 0.2) is 65.3 Å². The molecule has 1 unspecified atom stereocenters. The highest BCUT2D eigenvalue weighted by molar-refractivity contribution is 9.10. The van der Waals surface area contributed by atoms with Crippen molar-refractivity contribution in [2.75, 3.05) is 5.32 Å². The first-order valence-electron chi connectivity index (χ1n) is 9.17. The van der Waals surface area contributed by atoms with E-state index in [1.165, 1.54) is 12.1 Å². The van der Waals surface area contributed by atoms with Gasteiger partial charge in [0.1, 0.15) is 11.3 Å². The van der Waals surface area contributed by atoms with Crippen molar-refractivity contribution in [1.29, 1.82) is 0 Å². The molecule has 148 valence electrons. The van der Waals surface area contributed by atoms with Gasteiger partial charge in [0.05, 0.1) is 16.2 Å². The Labute approximate surface area is 176 Å². The molecule has 1 aliphatic rings. The van der Waals surface area contributed by atoms with E-state index in [9.17, 15) is 9.18 Å². The highest BCUT2D eigenvalue weighted by atomic mass is 79.9. The summed E-state index contributed by atoms with van der Waals surface area (Å²) >= 11 is 3.58. The normalized spacial score (nSPS) is 16.5. The second-order valence-electron chi connectivity index (χ2n) is 7.12. The molecule has 0 spiro atoms. The number of halogens is 2. The van der Waals surface area contributed by atoms with Gasteiger partial charge in [-0.15, -0.1) is 0 Å². The van der Waals surface area contributed by atoms with Crippen LogP contribution in [-0.2, 0) is 7.05 Å². The summed E-state index contributed by atoms with van der Waals surface area (Å²) in [6.07, 6.45) is 4.11. The predicted octanol–water partition coefficient (Wildman–Crippen LogP) is 5.83. The zero-order valence-electron chi connectivity index (χ0n) is 16.1. The number of carbonyl (C=O) groups excluding carboxylic acids is 1. The minimum atomic E-state index is -0.308. The monoisotopic (exact) mass is 454 g/mol. The largest absolute Gasteiger partial charge is 0.326 e. The van der Waals surface area contributed by atoms with E-state index in [-0.39, 0.29) is 17.9 Å². The molecule has 1 N–H and O–H groups in total. The van der Waals surface area contributed by atoms with Gasteiger partial charge in [-0.1, -0.05) is 24.3 Å². The van der Waals surface area contributed by atoms with Crippen LogP contribution in [0.2, 0.25) is 0 Å². The topological polar surface area (TPSA) is 50.2 Å². The van der Waals surface area contributed by atoms with E-state index in [2.05, 4.69) is 32.9 Å². The summed E-state index contributed by atoms with van der Waals surface area (Å²) < 4.78 is 15.9. The van der Waals surface area contributed by atoms with Gasteiger partial charge in [0, 0.05) is 24.3 Å². The number of rotatable bonds is 2. The van der Waals surface area contributed by atoms with Crippen LogP contribution in [0.3, 0.4) is 0 Å². The van der Waals surface area contributed by atoms with Crippen LogP contribution in [0.4, 0.5) is 14.9 Å². The van der Waals surface area contributed by atoms with Gasteiger partial charge in [-0.05, 0) is 65.2 Å². The van der Waals surface area contributed by atoms with Gasteiger partial charge in [-0.3, -0.25) is 9.58 Å². The summed E-state index contributed by atoms with van der Waals surface area (Å²) in [7, 11) is 1.89. The highest BCUT2D eigenvalue weighted by Crippen LogP contribution is 2.35. The van der Waals surface area contributed by atoms with Gasteiger partial charge in [0.2, 0.25) is 0 Å². The van der Waals surface area contributed by atoms with Gasteiger partial charge in [-0.2, -0.15) is 5.10 Å². The van der Waals surface area contributed by atoms with Crippen molar-refractivity contribution in [3.63, 3.8) is 0 Å². The summed E-state index contributed by atoms with van der Waals surface area (Å²) in [4.78, 5) is 14.7. The van der Waals surface area contributed by atoms with E-state index in [1.54, 1.807) is 23.2 Å². The molecular formula is C22H20BrFN4O. The minimum Gasteiger partial charge on any atom is -0.306 e. The molecular weight excluding hydrogens is 435 g/mol. The standard InChI is InChI=1S/C22H20BrFN4O/c1-13-10-11-28(19(12-13)15-4-6-16(24)7-5-15)22(29)25-18-9-8-17-14(2)27(3)26-21(17)20(18)23/h4-11,19H,1,12H2,2-3H3,(H,25,29). The van der Waals surface area contributed by atoms with Crippen LogP contribution in [0.5, 0.6) is 0 Å². The zero-order valence-corrected chi connectivity index (χ0v) is 17.7. The third-order valence-electron chi connectivity index (χ3n) is 5.23. The van der Waals surface area contributed by atoms with Crippen molar-refractivity contribution in [2.45, 2.75) is 19.4 Å². The lowest BCUT2D eigenvalue weighted by atomic mass is 9.96. The molecule has 2 heterocycles. The molecule has 0 radical (unpaired) electrons. The second kappa shape index (κ2) is 7.48. The Morgan fingerprint density at radius 3 is 2.72 bits per heavy atom. The van der Waals surface area contributed by atoms with E-state index >= 15 is 0 Å². The van der Waals surface area contributed by atoms with Gasteiger partial charge < -0.3 is 5.32 Å². The third-order valence-corrected chi connectivity index (χ3v) is 6.04. The van der Waals surface area contributed by atoms with E-state index < -0.39 is 0 Å². The molecule has 0 fully saturated rings. The minimum absolute atomic E-state index is 0.257. The summed E-state index contributed by atoms with van der Waals surface area (Å²) in [5.41, 5.74) is 4.24. The maximum Gasteiger partial charge on any atom is 0.326 e. The average Bonchev–Trinajstić information content (AvgIpc) is 2.99. The van der Waals surface area contributed by atoms with Crippen LogP contribution >= 0.6 is 15.9 Å². The van der Waals surface area contributed by atoms with Crippen molar-refractivity contribution in [2.24, 2.45) is 7.05 Å². The second-order valence-corrected chi connectivity index (χ2v) is 7.91. The lowest BCUT2D eigenvalue weighted by Gasteiger charge is -2.33. The van der Waals surface area contributed by atoms with Crippen molar-refractivity contribution in [3.8, 4) is 0 Å². The van der Waals surface area contributed by atoms with Crippen LogP contribution in [0.1, 0.15) is 23.7 Å². The summed E-state index contributed by atoms with van der Waals surface area (Å²) in [6, 6.07) is 9.47. The summed E-state index contributed by atoms with van der Waals surface area (Å²) in [5.74, 6) is -0.308. The van der Waals surface area contributed by atoms with Gasteiger partial charge in [-0.25, -0.2) is 9.18 Å². The molecule has 0 saturated heterocycles. The smallest absolute Gasteiger partial charge is 0.306 e. The number of fused-ring (bicyclic) bond motifs is 1. The Balaban J connectivity index is 1.65. The average molecular weight is 455 g/mol. The first kappa shape index (κ1) is 19.4. The molecule has 2 aromatic carbocycles. The number of nitrogens with zero attached hydrogens (tertiary/aromatic N) is 3. The first-order chi connectivity index (χ1) is 13.8. The molecule has 1 aromatic heterocycles. The van der Waals surface area contributed by atoms with Crippen molar-refractivity contribution < 1.29 is 9.18 Å². The van der Waals surface area contributed by atoms with Crippen LogP contribution in [0, 0.1) is 12.7 Å². The van der Waals surface area contributed by atoms with Crippen molar-refractivity contribution in [3.05, 3.63) is 82.4 Å². The number of carbonyl (C=O) groups is 1. The molecule has 0 bridgehead atoms. The Kier molecular flexibility index (Phi) is 5.00. The Hall–Kier alpha value is -2.93. The van der Waals surface area contributed by atoms with Crippen LogP contribution in [0.25, 0.3) is 10.9 Å². The number of hydrogen-bond donors (Lipinski definition) is 1. The summed E-state index contributed by atoms with van der Waals surface area (Å²) in [6.45, 7) is 6.01. The van der Waals surface area contributed by atoms with E-state index in [1.807, 2.05) is 36.9 Å². The fourth-order valence-electron chi connectivity index (χ4n) is 3.51. The van der Waals surface area contributed by atoms with Gasteiger partial charge >= 0.3 is 6.03 Å². The Bertz CT molecular complexity index is 1150. The highest BCUT2D eigenvalue weighted by Gasteiger charge is 2.27. The van der Waals surface area contributed by atoms with E-state index in [4.69, 9.17) is 0 Å². The molecule has 1 aliphatic heterocycles. The van der Waals surface area contributed by atoms with Crippen LogP contribution in [-0.4, -0.2) is 20.7 Å². The lowest BCUT2D eigenvalue weighted by Crippen LogP contribution is -2.36. The number of allylic oxidation sites excluding steroid dienone is 1. The number of hydrogen-bond acceptors (Lipinski definition) is 2. The molecule has 0 aliphatic carbocycles. The number of benzene rings is 2. The number of aryl methyl sites for hydroxylation is 2. The maximum atomic E-state index is 13.3. The predicted molar refractivity (Wildman–Crippen MR) is 116 cm³/mol. The number of aromatic nitrogens is 2. The number of nitrogens with one attached hydrogen (secondary N) is 1. The maximum absolute atomic E-state index is 13.3. The number of urea groups is 1. The zero-order chi connectivity index (χ0) is 20.7. The Morgan fingerprint density at radius 1 is 1.28 bits per heavy atom. The SMILES string of the molecule is C=C1C=CN(C(=O)Nc2ccc3c(C)n(C)nc3c2Br)C(c2ccc(F)cc2)C1. The van der Waals surface area contributed by atoms with E-state index in [0.29, 0.717) is 12.1 Å². The number of amides is 2. The molecule has 29 heavy (non-hydrogen) atoms.